The highest BCUT2D eigenvalue weighted by atomic mass is 32.1. The van der Waals surface area contributed by atoms with Crippen LogP contribution in [0.5, 0.6) is 0 Å². The molecular weight excluding hydrogens is 268 g/mol. The Morgan fingerprint density at radius 3 is 3.20 bits per heavy atom. The number of nitrogens with zero attached hydrogens (tertiary/aromatic N) is 1. The first-order valence-electron chi connectivity index (χ1n) is 7.17. The molecule has 2 atom stereocenters. The maximum atomic E-state index is 5.62. The SMILES string of the molecule is NC(=S)Nn1cc2c3c(cccc31)[C@H]1CCCN[C@@H]1C2. The highest BCUT2D eigenvalue weighted by Crippen LogP contribution is 2.41. The topological polar surface area (TPSA) is 55.0 Å². The van der Waals surface area contributed by atoms with Crippen LogP contribution in [0.3, 0.4) is 0 Å². The quantitative estimate of drug-likeness (QED) is 0.700. The second-order valence-corrected chi connectivity index (χ2v) is 6.20. The van der Waals surface area contributed by atoms with Crippen molar-refractivity contribution in [3.8, 4) is 0 Å². The van der Waals surface area contributed by atoms with Gasteiger partial charge in [0.05, 0.1) is 5.52 Å². The van der Waals surface area contributed by atoms with E-state index in [2.05, 4.69) is 35.1 Å². The lowest BCUT2D eigenvalue weighted by Gasteiger charge is -2.36. The summed E-state index contributed by atoms with van der Waals surface area (Å²) in [6.45, 7) is 1.14. The summed E-state index contributed by atoms with van der Waals surface area (Å²) in [4.78, 5) is 0. The summed E-state index contributed by atoms with van der Waals surface area (Å²) in [7, 11) is 0. The lowest BCUT2D eigenvalue weighted by molar-refractivity contribution is 0.345. The fraction of sp³-hybridized carbons (Fsp3) is 0.400. The third-order valence-electron chi connectivity index (χ3n) is 4.59. The standard InChI is InChI=1S/C15H18N4S/c16-15(20)18-19-8-9-7-12-10(4-2-6-17-12)11-3-1-5-13(19)14(9)11/h1,3,5,8,10,12,17H,2,4,6-7H2,(H3,16,18,20)/t10-,12-/m1/s1. The third kappa shape index (κ3) is 1.73. The summed E-state index contributed by atoms with van der Waals surface area (Å²) in [5, 5.41) is 5.36. The molecule has 1 aliphatic carbocycles. The van der Waals surface area contributed by atoms with E-state index in [0.717, 1.165) is 13.0 Å². The zero-order chi connectivity index (χ0) is 13.7. The minimum absolute atomic E-state index is 0.300. The first-order valence-corrected chi connectivity index (χ1v) is 7.57. The molecule has 1 fully saturated rings. The van der Waals surface area contributed by atoms with Crippen molar-refractivity contribution in [3.63, 3.8) is 0 Å². The summed E-state index contributed by atoms with van der Waals surface area (Å²) >= 11 is 4.97. The smallest absolute Gasteiger partial charge is 0.183 e. The van der Waals surface area contributed by atoms with Crippen molar-refractivity contribution in [2.24, 2.45) is 5.73 Å². The molecule has 1 saturated heterocycles. The van der Waals surface area contributed by atoms with Crippen LogP contribution in [0.15, 0.2) is 24.4 Å². The van der Waals surface area contributed by atoms with E-state index in [1.165, 1.54) is 34.9 Å². The Hall–Kier alpha value is -1.59. The number of aromatic nitrogens is 1. The van der Waals surface area contributed by atoms with Crippen LogP contribution in [0.1, 0.15) is 29.9 Å². The van der Waals surface area contributed by atoms with Gasteiger partial charge in [0, 0.05) is 23.5 Å². The molecular formula is C15H18N4S. The van der Waals surface area contributed by atoms with Crippen LogP contribution in [0.25, 0.3) is 10.9 Å². The van der Waals surface area contributed by atoms with Crippen molar-refractivity contribution in [1.29, 1.82) is 0 Å². The molecule has 4 nitrogen and oxygen atoms in total. The number of fused-ring (bicyclic) bond motifs is 2. The van der Waals surface area contributed by atoms with Crippen LogP contribution in [0.4, 0.5) is 0 Å². The Morgan fingerprint density at radius 1 is 1.45 bits per heavy atom. The maximum absolute atomic E-state index is 5.62. The predicted octanol–water partition coefficient (Wildman–Crippen LogP) is 1.82. The second-order valence-electron chi connectivity index (χ2n) is 5.76. The highest BCUT2D eigenvalue weighted by molar-refractivity contribution is 7.80. The molecule has 1 aromatic heterocycles. The Bertz CT molecular complexity index is 690. The first kappa shape index (κ1) is 12.2. The van der Waals surface area contributed by atoms with Gasteiger partial charge in [0.1, 0.15) is 0 Å². The van der Waals surface area contributed by atoms with Crippen molar-refractivity contribution in [1.82, 2.24) is 9.99 Å². The van der Waals surface area contributed by atoms with Crippen LogP contribution in [0, 0.1) is 0 Å². The predicted molar refractivity (Wildman–Crippen MR) is 85.6 cm³/mol. The average molecular weight is 286 g/mol. The Balaban J connectivity index is 1.90. The van der Waals surface area contributed by atoms with Crippen LogP contribution >= 0.6 is 12.2 Å². The van der Waals surface area contributed by atoms with Crippen LogP contribution in [-0.4, -0.2) is 22.4 Å². The van der Waals surface area contributed by atoms with Crippen LogP contribution < -0.4 is 16.5 Å². The minimum atomic E-state index is 0.300. The third-order valence-corrected chi connectivity index (χ3v) is 4.69. The van der Waals surface area contributed by atoms with E-state index in [-0.39, 0.29) is 0 Å². The minimum Gasteiger partial charge on any atom is -0.375 e. The van der Waals surface area contributed by atoms with Gasteiger partial charge in [-0.2, -0.15) is 0 Å². The van der Waals surface area contributed by atoms with E-state index in [1.807, 2.05) is 4.68 Å². The van der Waals surface area contributed by atoms with Gasteiger partial charge < -0.3 is 11.1 Å². The number of thiocarbonyl (C=S) groups is 1. The molecule has 0 saturated carbocycles. The average Bonchev–Trinajstić information content (AvgIpc) is 2.78. The van der Waals surface area contributed by atoms with Crippen LogP contribution in [0.2, 0.25) is 0 Å². The van der Waals surface area contributed by atoms with Crippen molar-refractivity contribution in [2.75, 3.05) is 12.0 Å². The van der Waals surface area contributed by atoms with Crippen LogP contribution in [-0.2, 0) is 6.42 Å². The molecule has 0 unspecified atom stereocenters. The van der Waals surface area contributed by atoms with E-state index < -0.39 is 0 Å². The van der Waals surface area contributed by atoms with Gasteiger partial charge in [-0.3, -0.25) is 10.1 Å². The number of rotatable bonds is 1. The largest absolute Gasteiger partial charge is 0.375 e. The van der Waals surface area contributed by atoms with Gasteiger partial charge in [-0.1, -0.05) is 12.1 Å². The Kier molecular flexibility index (Phi) is 2.72. The normalized spacial score (nSPS) is 24.4. The summed E-state index contributed by atoms with van der Waals surface area (Å²) in [5.74, 6) is 0.639. The fourth-order valence-corrected chi connectivity index (χ4v) is 3.95. The number of benzene rings is 1. The molecule has 1 aliphatic heterocycles. The van der Waals surface area contributed by atoms with Gasteiger partial charge in [-0.05, 0) is 55.2 Å². The maximum Gasteiger partial charge on any atom is 0.183 e. The zero-order valence-electron chi connectivity index (χ0n) is 11.2. The van der Waals surface area contributed by atoms with Gasteiger partial charge in [0.25, 0.3) is 0 Å². The Morgan fingerprint density at radius 2 is 2.35 bits per heavy atom. The van der Waals surface area contributed by atoms with Crippen molar-refractivity contribution in [3.05, 3.63) is 35.5 Å². The number of hydrogen-bond acceptors (Lipinski definition) is 2. The lowest BCUT2D eigenvalue weighted by Crippen LogP contribution is -2.43. The van der Waals surface area contributed by atoms with E-state index in [1.54, 1.807) is 0 Å². The number of piperidine rings is 1. The fourth-order valence-electron chi connectivity index (χ4n) is 3.85. The first-order chi connectivity index (χ1) is 9.74. The Labute approximate surface area is 123 Å². The molecule has 2 aromatic rings. The summed E-state index contributed by atoms with van der Waals surface area (Å²) in [5.41, 5.74) is 12.7. The highest BCUT2D eigenvalue weighted by Gasteiger charge is 2.33. The molecule has 0 bridgehead atoms. The number of hydrogen-bond donors (Lipinski definition) is 3. The molecule has 0 radical (unpaired) electrons. The van der Waals surface area contributed by atoms with Gasteiger partial charge >= 0.3 is 0 Å². The second kappa shape index (κ2) is 4.46. The molecule has 0 amide bonds. The molecule has 5 heteroatoms. The zero-order valence-corrected chi connectivity index (χ0v) is 12.0. The van der Waals surface area contributed by atoms with Gasteiger partial charge in [0.2, 0.25) is 0 Å². The van der Waals surface area contributed by atoms with E-state index in [4.69, 9.17) is 18.0 Å². The van der Waals surface area contributed by atoms with Crippen molar-refractivity contribution >= 4 is 28.2 Å². The number of nitrogens with one attached hydrogen (secondary N) is 2. The van der Waals surface area contributed by atoms with Gasteiger partial charge in [-0.25, -0.2) is 0 Å². The molecule has 104 valence electrons. The lowest BCUT2D eigenvalue weighted by atomic mass is 9.76. The van der Waals surface area contributed by atoms with Crippen molar-refractivity contribution < 1.29 is 0 Å². The molecule has 1 aromatic carbocycles. The van der Waals surface area contributed by atoms with E-state index in [0.29, 0.717) is 17.1 Å². The molecule has 2 aliphatic rings. The molecule has 20 heavy (non-hydrogen) atoms. The molecule has 4 N–H and O–H groups in total. The van der Waals surface area contributed by atoms with E-state index in [9.17, 15) is 0 Å². The summed E-state index contributed by atoms with van der Waals surface area (Å²) in [6, 6.07) is 7.11. The van der Waals surface area contributed by atoms with Gasteiger partial charge in [0.15, 0.2) is 5.11 Å². The summed E-state index contributed by atoms with van der Waals surface area (Å²) in [6.07, 6.45) is 5.77. The van der Waals surface area contributed by atoms with E-state index >= 15 is 0 Å². The molecule has 4 rings (SSSR count). The molecule has 0 spiro atoms. The monoisotopic (exact) mass is 286 g/mol. The number of nitrogens with two attached hydrogens (primary N) is 1. The molecule has 2 heterocycles. The van der Waals surface area contributed by atoms with Crippen molar-refractivity contribution in [2.45, 2.75) is 31.2 Å². The van der Waals surface area contributed by atoms with Gasteiger partial charge in [-0.15, -0.1) is 0 Å². The summed E-state index contributed by atoms with van der Waals surface area (Å²) < 4.78 is 1.97.